The van der Waals surface area contributed by atoms with E-state index in [9.17, 15) is 0 Å². The monoisotopic (exact) mass is 668 g/mol. The third kappa shape index (κ3) is 9.47. The average Bonchev–Trinajstić information content (AvgIpc) is 3.58. The molecule has 0 radical (unpaired) electrons. The minimum absolute atomic E-state index is 0. The summed E-state index contributed by atoms with van der Waals surface area (Å²) in [6, 6.07) is 9.73. The van der Waals surface area contributed by atoms with Crippen molar-refractivity contribution in [3.63, 3.8) is 0 Å². The average molecular weight is 669 g/mol. The number of ether oxygens (including phenoxy) is 2. The SMILES string of the molecule is C1CCCC1.COc1c(C)cc(P(c2cc(C)c(OC)c(C)c2)C2CCCC2[C@@H](C)P(C(C)(C)C)C(C)(C)C)cc1C.[Fe]. The van der Waals surface area contributed by atoms with E-state index >= 15 is 0 Å². The molecule has 43 heavy (non-hydrogen) atoms. The van der Waals surface area contributed by atoms with Gasteiger partial charge in [-0.1, -0.05) is 94.9 Å². The van der Waals surface area contributed by atoms with Crippen molar-refractivity contribution in [3.8, 4) is 11.5 Å². The maximum atomic E-state index is 5.77. The fourth-order valence-electron chi connectivity index (χ4n) is 8.46. The second kappa shape index (κ2) is 16.3. The number of hydrogen-bond donors (Lipinski definition) is 0. The molecule has 0 N–H and O–H groups in total. The van der Waals surface area contributed by atoms with Gasteiger partial charge >= 0.3 is 0 Å². The second-order valence-electron chi connectivity index (χ2n) is 15.0. The summed E-state index contributed by atoms with van der Waals surface area (Å²) in [5.41, 5.74) is 6.43. The normalized spacial score (nSPS) is 19.6. The molecule has 2 aromatic carbocycles. The molecule has 2 fully saturated rings. The van der Waals surface area contributed by atoms with Crippen LogP contribution >= 0.6 is 15.8 Å². The fraction of sp³-hybridized carbons (Fsp3) is 0.684. The Labute approximate surface area is 279 Å². The first-order valence-corrected chi connectivity index (χ1v) is 19.3. The smallest absolute Gasteiger partial charge is 0.124 e. The summed E-state index contributed by atoms with van der Waals surface area (Å²) in [4.78, 5) is 0. The molecular formula is C38H62FeO2P2. The number of hydrogen-bond acceptors (Lipinski definition) is 2. The van der Waals surface area contributed by atoms with Crippen molar-refractivity contribution in [1.82, 2.24) is 0 Å². The molecule has 0 spiro atoms. The Balaban J connectivity index is 0.000000973. The summed E-state index contributed by atoms with van der Waals surface area (Å²) in [5, 5.41) is 3.69. The molecule has 2 saturated carbocycles. The molecule has 2 aliphatic carbocycles. The predicted molar refractivity (Wildman–Crippen MR) is 191 cm³/mol. The van der Waals surface area contributed by atoms with E-state index in [-0.39, 0.29) is 25.0 Å². The number of methoxy groups -OCH3 is 2. The van der Waals surface area contributed by atoms with Gasteiger partial charge in [-0.3, -0.25) is 0 Å². The van der Waals surface area contributed by atoms with Crippen LogP contribution in [0.5, 0.6) is 11.5 Å². The number of aryl methyl sites for hydroxylation is 4. The Bertz CT molecular complexity index is 1050. The quantitative estimate of drug-likeness (QED) is 0.216. The first-order valence-electron chi connectivity index (χ1n) is 16.5. The zero-order valence-electron chi connectivity index (χ0n) is 29.8. The maximum absolute atomic E-state index is 5.77. The van der Waals surface area contributed by atoms with Gasteiger partial charge in [0.05, 0.1) is 14.2 Å². The molecule has 2 unspecified atom stereocenters. The van der Waals surface area contributed by atoms with E-state index in [0.717, 1.165) is 23.1 Å². The van der Waals surface area contributed by atoms with Crippen LogP contribution in [0.15, 0.2) is 24.3 Å². The Kier molecular flexibility index (Phi) is 14.6. The number of benzene rings is 2. The van der Waals surface area contributed by atoms with Gasteiger partial charge in [0.1, 0.15) is 11.5 Å². The molecule has 0 bridgehead atoms. The summed E-state index contributed by atoms with van der Waals surface area (Å²) >= 11 is 0. The predicted octanol–water partition coefficient (Wildman–Crippen LogP) is 11.0. The minimum Gasteiger partial charge on any atom is -0.496 e. The molecule has 2 aliphatic rings. The van der Waals surface area contributed by atoms with Crippen molar-refractivity contribution in [2.24, 2.45) is 5.92 Å². The molecule has 2 aromatic rings. The van der Waals surface area contributed by atoms with Gasteiger partial charge in [0, 0.05) is 17.1 Å². The van der Waals surface area contributed by atoms with Gasteiger partial charge in [-0.2, -0.15) is 0 Å². The van der Waals surface area contributed by atoms with Crippen molar-refractivity contribution < 1.29 is 26.5 Å². The van der Waals surface area contributed by atoms with Crippen LogP contribution in [0, 0.1) is 33.6 Å². The van der Waals surface area contributed by atoms with Crippen LogP contribution in [-0.4, -0.2) is 35.8 Å². The summed E-state index contributed by atoms with van der Waals surface area (Å²) in [6.45, 7) is 26.4. The molecule has 2 nitrogen and oxygen atoms in total. The van der Waals surface area contributed by atoms with Crippen LogP contribution < -0.4 is 20.1 Å². The van der Waals surface area contributed by atoms with Crippen LogP contribution in [0.1, 0.15) is 122 Å². The molecule has 0 amide bonds. The van der Waals surface area contributed by atoms with E-state index in [1.807, 2.05) is 0 Å². The molecule has 0 aromatic heterocycles. The van der Waals surface area contributed by atoms with Gasteiger partial charge in [0.15, 0.2) is 0 Å². The summed E-state index contributed by atoms with van der Waals surface area (Å²) in [5.74, 6) is 2.81. The van der Waals surface area contributed by atoms with Gasteiger partial charge in [-0.15, -0.1) is 0 Å². The molecule has 244 valence electrons. The van der Waals surface area contributed by atoms with Crippen molar-refractivity contribution in [2.45, 2.75) is 149 Å². The van der Waals surface area contributed by atoms with E-state index in [1.165, 1.54) is 84.2 Å². The standard InChI is InChI=1S/C33H52O2P2.C5H10.Fe/c1-21-17-26(18-22(2)30(21)34-12)36(27-19-23(3)31(35-13)24(4)20-27)29-16-14-15-28(29)25(5)37(32(6,7)8)33(9,10)11;1-2-4-5-3-1;/h17-20,25,28-29H,14-16H2,1-13H3;1-5H2;/t25-,28?,29?;;/m1../s1. The maximum Gasteiger partial charge on any atom is 0.124 e. The summed E-state index contributed by atoms with van der Waals surface area (Å²) in [7, 11) is 2.90. The van der Waals surface area contributed by atoms with Crippen molar-refractivity contribution in [1.29, 1.82) is 0 Å². The molecule has 3 atom stereocenters. The van der Waals surface area contributed by atoms with Crippen molar-refractivity contribution in [3.05, 3.63) is 46.5 Å². The zero-order chi connectivity index (χ0) is 31.4. The molecule has 5 heteroatoms. The van der Waals surface area contributed by atoms with Gasteiger partial charge in [0.2, 0.25) is 0 Å². The van der Waals surface area contributed by atoms with E-state index < -0.39 is 7.92 Å². The van der Waals surface area contributed by atoms with Crippen LogP contribution in [-0.2, 0) is 17.1 Å². The van der Waals surface area contributed by atoms with Crippen LogP contribution in [0.3, 0.4) is 0 Å². The van der Waals surface area contributed by atoms with Gasteiger partial charge in [0.25, 0.3) is 0 Å². The molecule has 4 rings (SSSR count). The first kappa shape index (κ1) is 38.6. The van der Waals surface area contributed by atoms with Crippen LogP contribution in [0.25, 0.3) is 0 Å². The Hall–Kier alpha value is -0.581. The Morgan fingerprint density at radius 3 is 1.28 bits per heavy atom. The van der Waals surface area contributed by atoms with Gasteiger partial charge < -0.3 is 9.47 Å². The van der Waals surface area contributed by atoms with E-state index in [4.69, 9.17) is 9.47 Å². The first-order chi connectivity index (χ1) is 19.6. The molecule has 0 aliphatic heterocycles. The Morgan fingerprint density at radius 2 is 0.977 bits per heavy atom. The number of rotatable bonds is 7. The fourth-order valence-corrected chi connectivity index (χ4v) is 17.4. The third-order valence-electron chi connectivity index (χ3n) is 9.44. The topological polar surface area (TPSA) is 18.5 Å². The minimum atomic E-state index is -0.521. The third-order valence-corrected chi connectivity index (χ3v) is 16.5. The molecule has 0 heterocycles. The summed E-state index contributed by atoms with van der Waals surface area (Å²) < 4.78 is 11.5. The van der Waals surface area contributed by atoms with E-state index in [1.54, 1.807) is 14.2 Å². The van der Waals surface area contributed by atoms with E-state index in [2.05, 4.69) is 100 Å². The zero-order valence-corrected chi connectivity index (χ0v) is 32.7. The second-order valence-corrected chi connectivity index (χ2v) is 21.7. The molecule has 0 saturated heterocycles. The molecular weight excluding hydrogens is 606 g/mol. The van der Waals surface area contributed by atoms with Gasteiger partial charge in [-0.05, 0) is 133 Å². The van der Waals surface area contributed by atoms with Gasteiger partial charge in [-0.25, -0.2) is 0 Å². The van der Waals surface area contributed by atoms with Crippen LogP contribution in [0.2, 0.25) is 0 Å². The largest absolute Gasteiger partial charge is 0.496 e. The van der Waals surface area contributed by atoms with E-state index in [0.29, 0.717) is 16.0 Å². The summed E-state index contributed by atoms with van der Waals surface area (Å²) in [6.07, 6.45) is 11.5. The van der Waals surface area contributed by atoms with Crippen LogP contribution in [0.4, 0.5) is 0 Å². The Morgan fingerprint density at radius 1 is 0.628 bits per heavy atom. The van der Waals surface area contributed by atoms with Crippen molar-refractivity contribution >= 4 is 26.5 Å². The van der Waals surface area contributed by atoms with Crippen molar-refractivity contribution in [2.75, 3.05) is 14.2 Å².